The zero-order valence-electron chi connectivity index (χ0n) is 24.3. The van der Waals surface area contributed by atoms with Gasteiger partial charge < -0.3 is 29.0 Å². The van der Waals surface area contributed by atoms with Crippen LogP contribution in [0, 0.1) is 0 Å². The van der Waals surface area contributed by atoms with Gasteiger partial charge in [0.25, 0.3) is 5.91 Å². The smallest absolute Gasteiger partial charge is 0.287 e. The Morgan fingerprint density at radius 3 is 2.41 bits per heavy atom. The highest BCUT2D eigenvalue weighted by Crippen LogP contribution is 2.30. The zero-order valence-corrected chi connectivity index (χ0v) is 25.1. The summed E-state index contributed by atoms with van der Waals surface area (Å²) < 4.78 is 16.6. The number of amides is 1. The molecule has 3 aromatic rings. The molecule has 0 spiro atoms. The van der Waals surface area contributed by atoms with Gasteiger partial charge in [-0.05, 0) is 50.3 Å². The van der Waals surface area contributed by atoms with E-state index in [1.807, 2.05) is 44.2 Å². The number of furan rings is 1. The van der Waals surface area contributed by atoms with E-state index in [0.29, 0.717) is 29.0 Å². The van der Waals surface area contributed by atoms with Gasteiger partial charge in [0.1, 0.15) is 11.6 Å². The third-order valence-electron chi connectivity index (χ3n) is 6.11. The third-order valence-corrected chi connectivity index (χ3v) is 6.98. The molecule has 0 saturated carbocycles. The molecule has 0 radical (unpaired) electrons. The van der Waals surface area contributed by atoms with Gasteiger partial charge >= 0.3 is 0 Å². The minimum atomic E-state index is -0.211. The number of nitrogens with one attached hydrogen (secondary N) is 1. The highest BCUT2D eigenvalue weighted by Gasteiger charge is 2.20. The Morgan fingerprint density at radius 2 is 1.74 bits per heavy atom. The number of anilines is 1. The van der Waals surface area contributed by atoms with Gasteiger partial charge in [0.05, 0.1) is 25.7 Å². The number of carbonyl (C=O) groups excluding carboxylic acids is 1. The number of ether oxygens (including phenoxy) is 2. The molecule has 0 aliphatic heterocycles. The molecule has 0 bridgehead atoms. The minimum Gasteiger partial charge on any atom is -0.493 e. The summed E-state index contributed by atoms with van der Waals surface area (Å²) in [7, 11) is 9.25. The molecular weight excluding hydrogens is 514 g/mol. The van der Waals surface area contributed by atoms with Gasteiger partial charge in [0.15, 0.2) is 22.4 Å². The first-order valence-electron chi connectivity index (χ1n) is 13.0. The first-order chi connectivity index (χ1) is 18.5. The van der Waals surface area contributed by atoms with Crippen LogP contribution in [-0.2, 0) is 17.6 Å². The molecule has 9 nitrogen and oxygen atoms in total. The quantitative estimate of drug-likeness (QED) is 0.239. The van der Waals surface area contributed by atoms with Crippen LogP contribution >= 0.6 is 11.8 Å². The maximum absolute atomic E-state index is 12.3. The zero-order chi connectivity index (χ0) is 28.6. The van der Waals surface area contributed by atoms with Crippen LogP contribution in [0.25, 0.3) is 0 Å². The lowest BCUT2D eigenvalue weighted by Gasteiger charge is -2.23. The number of benzene rings is 1. The molecule has 1 amide bonds. The van der Waals surface area contributed by atoms with E-state index in [2.05, 4.69) is 43.1 Å². The van der Waals surface area contributed by atoms with Crippen molar-refractivity contribution in [1.82, 2.24) is 20.2 Å². The summed E-state index contributed by atoms with van der Waals surface area (Å²) in [4.78, 5) is 26.2. The molecule has 2 aromatic heterocycles. The summed E-state index contributed by atoms with van der Waals surface area (Å²) >= 11 is 1.49. The second kappa shape index (κ2) is 13.7. The molecule has 0 unspecified atom stereocenters. The summed E-state index contributed by atoms with van der Waals surface area (Å²) in [5.74, 6) is 3.62. The van der Waals surface area contributed by atoms with Crippen molar-refractivity contribution in [2.24, 2.45) is 0 Å². The molecule has 1 N–H and O–H groups in total. The average Bonchev–Trinajstić information content (AvgIpc) is 3.38. The molecular formula is C29H41N5O4S. The molecule has 0 atom stereocenters. The van der Waals surface area contributed by atoms with Crippen molar-refractivity contribution in [2.45, 2.75) is 43.5 Å². The second-order valence-corrected chi connectivity index (χ2v) is 11.6. The van der Waals surface area contributed by atoms with Crippen molar-refractivity contribution in [3.63, 3.8) is 0 Å². The van der Waals surface area contributed by atoms with Crippen molar-refractivity contribution in [3.8, 4) is 11.5 Å². The van der Waals surface area contributed by atoms with Crippen LogP contribution in [0.5, 0.6) is 11.5 Å². The number of thioether (sulfide) groups is 1. The first-order valence-corrected chi connectivity index (χ1v) is 13.9. The van der Waals surface area contributed by atoms with E-state index in [0.717, 1.165) is 48.1 Å². The topological polar surface area (TPSA) is 93.0 Å². The number of likely N-dealkylation sites (N-methyl/N-ethyl adjacent to an activating group) is 2. The summed E-state index contributed by atoms with van der Waals surface area (Å²) in [6.07, 6.45) is 0.819. The fourth-order valence-corrected chi connectivity index (χ4v) is 4.45. The Hall–Kier alpha value is -3.24. The number of aromatic nitrogens is 2. The fourth-order valence-electron chi connectivity index (χ4n) is 3.70. The number of methoxy groups -OCH3 is 2. The Bertz CT molecular complexity index is 1240. The van der Waals surface area contributed by atoms with Gasteiger partial charge in [-0.1, -0.05) is 38.6 Å². The van der Waals surface area contributed by atoms with Crippen LogP contribution in [-0.4, -0.2) is 75.8 Å². The molecule has 1 aromatic carbocycles. The van der Waals surface area contributed by atoms with Crippen molar-refractivity contribution < 1.29 is 18.7 Å². The Kier molecular flexibility index (Phi) is 10.7. The predicted octanol–water partition coefficient (Wildman–Crippen LogP) is 4.65. The lowest BCUT2D eigenvalue weighted by Crippen LogP contribution is -2.31. The minimum absolute atomic E-state index is 0.139. The van der Waals surface area contributed by atoms with Crippen molar-refractivity contribution in [1.29, 1.82) is 0 Å². The van der Waals surface area contributed by atoms with E-state index in [1.54, 1.807) is 20.3 Å². The predicted molar refractivity (Wildman–Crippen MR) is 156 cm³/mol. The molecule has 0 saturated heterocycles. The molecule has 0 aliphatic rings. The SMILES string of the molecule is COc1ccc(CCN(C)c2cc(C(C)(C)C)nc(SCc3ccc(C(=O)NCCN(C)C)o3)n2)cc1OC. The molecule has 39 heavy (non-hydrogen) atoms. The highest BCUT2D eigenvalue weighted by atomic mass is 32.2. The monoisotopic (exact) mass is 555 g/mol. The third kappa shape index (κ3) is 8.90. The Morgan fingerprint density at radius 1 is 1.00 bits per heavy atom. The second-order valence-electron chi connectivity index (χ2n) is 10.6. The van der Waals surface area contributed by atoms with Gasteiger partial charge in [-0.3, -0.25) is 4.79 Å². The molecule has 0 aliphatic carbocycles. The van der Waals surface area contributed by atoms with E-state index < -0.39 is 0 Å². The highest BCUT2D eigenvalue weighted by molar-refractivity contribution is 7.98. The number of nitrogens with zero attached hydrogens (tertiary/aromatic N) is 4. The maximum atomic E-state index is 12.3. The van der Waals surface area contributed by atoms with Crippen molar-refractivity contribution >= 4 is 23.5 Å². The number of carbonyl (C=O) groups is 1. The molecule has 3 rings (SSSR count). The molecule has 212 valence electrons. The van der Waals surface area contributed by atoms with E-state index in [1.165, 1.54) is 11.8 Å². The number of rotatable bonds is 13. The largest absolute Gasteiger partial charge is 0.493 e. The van der Waals surface area contributed by atoms with Gasteiger partial charge in [-0.15, -0.1) is 0 Å². The van der Waals surface area contributed by atoms with Crippen LogP contribution in [0.2, 0.25) is 0 Å². The number of hydrogen-bond acceptors (Lipinski definition) is 9. The Labute approximate surface area is 236 Å². The maximum Gasteiger partial charge on any atom is 0.287 e. The Balaban J connectivity index is 1.68. The van der Waals surface area contributed by atoms with Crippen molar-refractivity contribution in [3.05, 3.63) is 59.2 Å². The normalized spacial score (nSPS) is 11.5. The summed E-state index contributed by atoms with van der Waals surface area (Å²) in [5.41, 5.74) is 1.98. The number of hydrogen-bond donors (Lipinski definition) is 1. The van der Waals surface area contributed by atoms with E-state index in [9.17, 15) is 4.79 Å². The summed E-state index contributed by atoms with van der Waals surface area (Å²) in [6.45, 7) is 8.53. The fraction of sp³-hybridized carbons (Fsp3) is 0.483. The van der Waals surface area contributed by atoms with Gasteiger partial charge in [-0.2, -0.15) is 0 Å². The molecule has 10 heteroatoms. The first kappa shape index (κ1) is 30.3. The van der Waals surface area contributed by atoms with Crippen LogP contribution in [0.1, 0.15) is 48.3 Å². The lowest BCUT2D eigenvalue weighted by atomic mass is 9.92. The van der Waals surface area contributed by atoms with Crippen LogP contribution in [0.4, 0.5) is 5.82 Å². The van der Waals surface area contributed by atoms with E-state index in [-0.39, 0.29) is 11.3 Å². The van der Waals surface area contributed by atoms with Crippen LogP contribution in [0.15, 0.2) is 46.0 Å². The van der Waals surface area contributed by atoms with Gasteiger partial charge in [0.2, 0.25) is 0 Å². The summed E-state index contributed by atoms with van der Waals surface area (Å²) in [6, 6.07) is 11.6. The average molecular weight is 556 g/mol. The lowest BCUT2D eigenvalue weighted by molar-refractivity contribution is 0.0922. The standard InChI is InChI=1S/C29H41N5O4S/c1-29(2,3)25-18-26(34(6)15-13-20-9-11-22(36-7)24(17-20)37-8)32-28(31-25)39-19-21-10-12-23(38-21)27(35)30-14-16-33(4)5/h9-12,17-18H,13-16,19H2,1-8H3,(H,30,35). The van der Waals surface area contributed by atoms with Gasteiger partial charge in [0, 0.05) is 38.2 Å². The van der Waals surface area contributed by atoms with Crippen LogP contribution in [0.3, 0.4) is 0 Å². The van der Waals surface area contributed by atoms with Crippen molar-refractivity contribution in [2.75, 3.05) is 59.9 Å². The van der Waals surface area contributed by atoms with E-state index in [4.69, 9.17) is 23.9 Å². The van der Waals surface area contributed by atoms with Crippen LogP contribution < -0.4 is 19.7 Å². The molecule has 2 heterocycles. The summed E-state index contributed by atoms with van der Waals surface area (Å²) in [5, 5.41) is 3.54. The van der Waals surface area contributed by atoms with E-state index >= 15 is 0 Å². The van der Waals surface area contributed by atoms with Gasteiger partial charge in [-0.25, -0.2) is 9.97 Å². The molecule has 0 fully saturated rings.